The van der Waals surface area contributed by atoms with Crippen LogP contribution in [0.2, 0.25) is 0 Å². The third kappa shape index (κ3) is 6.62. The van der Waals surface area contributed by atoms with Gasteiger partial charge in [-0.15, -0.1) is 10.2 Å². The van der Waals surface area contributed by atoms with E-state index in [-0.39, 0.29) is 17.4 Å². The quantitative estimate of drug-likeness (QED) is 0.632. The maximum Gasteiger partial charge on any atom is 0.289 e. The van der Waals surface area contributed by atoms with Crippen LogP contribution in [0.25, 0.3) is 0 Å². The number of nitrogens with zero attached hydrogens (tertiary/aromatic N) is 1. The highest BCUT2D eigenvalue weighted by Gasteiger charge is 2.41. The van der Waals surface area contributed by atoms with Gasteiger partial charge in [-0.25, -0.2) is 18.6 Å². The molecule has 7 nitrogen and oxygen atoms in total. The summed E-state index contributed by atoms with van der Waals surface area (Å²) in [6.07, 6.45) is 2.17. The van der Waals surface area contributed by atoms with Crippen LogP contribution in [0.15, 0.2) is 48.5 Å². The van der Waals surface area contributed by atoms with Crippen LogP contribution in [0.3, 0.4) is 0 Å². The number of carbonyl (C=O) groups is 1. The molecular formula is C21H25ClN2O5. The molecule has 1 atom stereocenters. The minimum atomic E-state index is -4.94. The van der Waals surface area contributed by atoms with Gasteiger partial charge in [-0.1, -0.05) is 42.0 Å². The maximum absolute atomic E-state index is 12.6. The highest BCUT2D eigenvalue weighted by molar-refractivity contribution is 5.84. The predicted molar refractivity (Wildman–Crippen MR) is 97.9 cm³/mol. The van der Waals surface area contributed by atoms with Crippen molar-refractivity contribution < 1.29 is 38.2 Å². The normalized spacial score (nSPS) is 15.5. The van der Waals surface area contributed by atoms with Crippen LogP contribution in [-0.4, -0.2) is 22.7 Å². The fraction of sp³-hybridized carbons (Fsp3) is 0.333. The van der Waals surface area contributed by atoms with Crippen molar-refractivity contribution in [3.8, 4) is 0 Å². The summed E-state index contributed by atoms with van der Waals surface area (Å²) in [4.78, 5) is 12.6. The summed E-state index contributed by atoms with van der Waals surface area (Å²) in [5.41, 5.74) is 4.71. The number of benzene rings is 2. The molecule has 0 fully saturated rings. The molecule has 0 saturated heterocycles. The first kappa shape index (κ1) is 23.0. The Morgan fingerprint density at radius 1 is 1.10 bits per heavy atom. The third-order valence-corrected chi connectivity index (χ3v) is 4.69. The number of nitrogens with one attached hydrogen (secondary N) is 1. The van der Waals surface area contributed by atoms with Crippen LogP contribution in [-0.2, 0) is 16.8 Å². The number of hydrogen-bond donors (Lipinski definition) is 1. The van der Waals surface area contributed by atoms with Crippen molar-refractivity contribution in [3.05, 3.63) is 65.2 Å². The molecule has 1 unspecified atom stereocenters. The van der Waals surface area contributed by atoms with Crippen LogP contribution in [0, 0.1) is 17.2 Å². The molecule has 1 aliphatic rings. The standard InChI is InChI=1S/C21H24N2O.ClHO4/c1-15-10-11-19-18(12-15)21(3,4)14-23(19)16(2)20(24)22-13-17-8-6-5-7-9-17;2-1(3,4)5/h5-12,14,16H,13H2,1-4H3;(H,2,3,4,5). The van der Waals surface area contributed by atoms with E-state index >= 15 is 0 Å². The SMILES string of the molecule is Cc1ccc2c(c1)C(C)(C)C=[N+]2C(C)C(=O)NCc1ccccc1.[O-][Cl+3]([O-])([O-])[O-]. The minimum absolute atomic E-state index is 0.0410. The predicted octanol–water partition coefficient (Wildman–Crippen LogP) is -1.05. The molecule has 0 spiro atoms. The lowest BCUT2D eigenvalue weighted by Crippen LogP contribution is -2.68. The molecule has 0 saturated carbocycles. The highest BCUT2D eigenvalue weighted by Crippen LogP contribution is 2.37. The van der Waals surface area contributed by atoms with Gasteiger partial charge >= 0.3 is 0 Å². The van der Waals surface area contributed by atoms with E-state index in [2.05, 4.69) is 55.1 Å². The van der Waals surface area contributed by atoms with E-state index in [9.17, 15) is 4.79 Å². The van der Waals surface area contributed by atoms with Crippen molar-refractivity contribution in [3.63, 3.8) is 0 Å². The second-order valence-electron chi connectivity index (χ2n) is 7.54. The van der Waals surface area contributed by atoms with Crippen molar-refractivity contribution in [1.29, 1.82) is 0 Å². The van der Waals surface area contributed by atoms with Gasteiger partial charge in [0, 0.05) is 25.1 Å². The molecule has 1 heterocycles. The summed E-state index contributed by atoms with van der Waals surface area (Å²) < 4.78 is 36.1. The van der Waals surface area contributed by atoms with E-state index in [1.165, 1.54) is 11.1 Å². The Balaban J connectivity index is 0.000000537. The summed E-state index contributed by atoms with van der Waals surface area (Å²) in [5.74, 6) is 0.0410. The number of halogens is 1. The molecule has 2 aromatic rings. The first-order chi connectivity index (χ1) is 13.4. The third-order valence-electron chi connectivity index (χ3n) is 4.69. The van der Waals surface area contributed by atoms with Gasteiger partial charge in [0.15, 0.2) is 6.21 Å². The number of fused-ring (bicyclic) bond motifs is 1. The second-order valence-corrected chi connectivity index (χ2v) is 8.29. The Kier molecular flexibility index (Phi) is 7.15. The average molecular weight is 421 g/mol. The van der Waals surface area contributed by atoms with Gasteiger partial charge in [0.2, 0.25) is 11.7 Å². The highest BCUT2D eigenvalue weighted by atomic mass is 35.7. The molecule has 1 aliphatic heterocycles. The molecule has 1 N–H and O–H groups in total. The molecule has 0 aromatic heterocycles. The summed E-state index contributed by atoms with van der Waals surface area (Å²) in [5, 5.41) is 3.04. The summed E-state index contributed by atoms with van der Waals surface area (Å²) in [7, 11) is -4.94. The van der Waals surface area contributed by atoms with E-state index in [0.29, 0.717) is 6.54 Å². The summed E-state index contributed by atoms with van der Waals surface area (Å²) in [6, 6.07) is 16.2. The smallest absolute Gasteiger partial charge is 0.289 e. The number of rotatable bonds is 4. The Morgan fingerprint density at radius 3 is 2.28 bits per heavy atom. The molecule has 0 aliphatic carbocycles. The van der Waals surface area contributed by atoms with E-state index < -0.39 is 10.2 Å². The average Bonchev–Trinajstić information content (AvgIpc) is 2.89. The lowest BCUT2D eigenvalue weighted by molar-refractivity contribution is -2.00. The number of carbonyl (C=O) groups excluding carboxylic acids is 1. The Labute approximate surface area is 172 Å². The van der Waals surface area contributed by atoms with Crippen molar-refractivity contribution >= 4 is 17.8 Å². The van der Waals surface area contributed by atoms with Gasteiger partial charge in [0.05, 0.1) is 5.41 Å². The zero-order valence-electron chi connectivity index (χ0n) is 16.8. The van der Waals surface area contributed by atoms with Crippen LogP contribution in [0.1, 0.15) is 37.5 Å². The summed E-state index contributed by atoms with van der Waals surface area (Å²) >= 11 is 0. The Hall–Kier alpha value is -2.29. The first-order valence-corrected chi connectivity index (χ1v) is 10.3. The molecule has 29 heavy (non-hydrogen) atoms. The molecule has 156 valence electrons. The van der Waals surface area contributed by atoms with Crippen molar-refractivity contribution in [2.24, 2.45) is 0 Å². The largest absolute Gasteiger partial charge is 0.346 e. The van der Waals surface area contributed by atoms with Gasteiger partial charge in [-0.2, -0.15) is 4.58 Å². The zero-order chi connectivity index (χ0) is 21.8. The lowest BCUT2D eigenvalue weighted by Gasteiger charge is -2.17. The summed E-state index contributed by atoms with van der Waals surface area (Å²) in [6.45, 7) is 9.01. The van der Waals surface area contributed by atoms with Gasteiger partial charge in [-0.3, -0.25) is 4.79 Å². The van der Waals surface area contributed by atoms with Gasteiger partial charge < -0.3 is 5.32 Å². The molecule has 1 amide bonds. The first-order valence-electron chi connectivity index (χ1n) is 9.07. The van der Waals surface area contributed by atoms with Crippen molar-refractivity contribution in [1.82, 2.24) is 5.32 Å². The molecule has 8 heteroatoms. The Morgan fingerprint density at radius 2 is 1.69 bits per heavy atom. The lowest BCUT2D eigenvalue weighted by atomic mass is 9.86. The Bertz CT molecular complexity index is 886. The van der Waals surface area contributed by atoms with Crippen molar-refractivity contribution in [2.75, 3.05) is 0 Å². The molecule has 2 aromatic carbocycles. The maximum atomic E-state index is 12.6. The van der Waals surface area contributed by atoms with E-state index in [1.54, 1.807) is 0 Å². The number of aryl methyl sites for hydroxylation is 1. The van der Waals surface area contributed by atoms with Crippen molar-refractivity contribution in [2.45, 2.75) is 45.7 Å². The second kappa shape index (κ2) is 9.02. The van der Waals surface area contributed by atoms with Gasteiger partial charge in [0.25, 0.3) is 5.91 Å². The fourth-order valence-electron chi connectivity index (χ4n) is 3.26. The minimum Gasteiger partial charge on any atom is -0.346 e. The molecule has 0 bridgehead atoms. The van der Waals surface area contributed by atoms with Crippen LogP contribution in [0.4, 0.5) is 5.69 Å². The van der Waals surface area contributed by atoms with Gasteiger partial charge in [-0.05, 0) is 32.4 Å². The molecule has 0 radical (unpaired) electrons. The monoisotopic (exact) mass is 420 g/mol. The van der Waals surface area contributed by atoms with E-state index in [1.807, 2.05) is 37.3 Å². The van der Waals surface area contributed by atoms with Gasteiger partial charge in [0.1, 0.15) is 0 Å². The molecular weight excluding hydrogens is 396 g/mol. The van der Waals surface area contributed by atoms with Crippen LogP contribution >= 0.6 is 0 Å². The van der Waals surface area contributed by atoms with Crippen LogP contribution < -0.4 is 24.0 Å². The topological polar surface area (TPSA) is 124 Å². The zero-order valence-corrected chi connectivity index (χ0v) is 17.6. The number of amides is 1. The van der Waals surface area contributed by atoms with E-state index in [0.717, 1.165) is 11.3 Å². The molecule has 3 rings (SSSR count). The fourth-order valence-corrected chi connectivity index (χ4v) is 3.26. The van der Waals surface area contributed by atoms with E-state index in [4.69, 9.17) is 18.6 Å². The van der Waals surface area contributed by atoms with Crippen LogP contribution in [0.5, 0.6) is 0 Å². The number of hydrogen-bond acceptors (Lipinski definition) is 5.